The maximum absolute atomic E-state index is 12.1. The number of likely N-dealkylation sites (tertiary alicyclic amines) is 1. The molecule has 1 saturated heterocycles. The average Bonchev–Trinajstić information content (AvgIpc) is 2.63. The van der Waals surface area contributed by atoms with Crippen molar-refractivity contribution in [2.24, 2.45) is 0 Å². The molecule has 1 rings (SSSR count). The number of hydrogen-bond acceptors (Lipinski definition) is 3. The molecule has 5 nitrogen and oxygen atoms in total. The van der Waals surface area contributed by atoms with Gasteiger partial charge in [-0.1, -0.05) is 13.3 Å². The topological polar surface area (TPSA) is 69.6 Å². The van der Waals surface area contributed by atoms with E-state index >= 15 is 0 Å². The second-order valence-corrected chi connectivity index (χ2v) is 6.04. The summed E-state index contributed by atoms with van der Waals surface area (Å²) >= 11 is 1.85. The lowest BCUT2D eigenvalue weighted by Crippen LogP contribution is -2.48. The van der Waals surface area contributed by atoms with E-state index in [1.807, 2.05) is 18.7 Å². The summed E-state index contributed by atoms with van der Waals surface area (Å²) in [6.45, 7) is 3.36. The van der Waals surface area contributed by atoms with Crippen molar-refractivity contribution in [2.45, 2.75) is 50.3 Å². The zero-order chi connectivity index (χ0) is 14.3. The maximum atomic E-state index is 12.1. The fourth-order valence-electron chi connectivity index (χ4n) is 2.29. The van der Waals surface area contributed by atoms with Gasteiger partial charge in [0, 0.05) is 18.3 Å². The van der Waals surface area contributed by atoms with Gasteiger partial charge in [-0.05, 0) is 31.9 Å². The monoisotopic (exact) mass is 288 g/mol. The van der Waals surface area contributed by atoms with E-state index in [0.29, 0.717) is 11.7 Å². The van der Waals surface area contributed by atoms with Gasteiger partial charge in [0.1, 0.15) is 6.04 Å². The van der Waals surface area contributed by atoms with Crippen molar-refractivity contribution in [2.75, 3.05) is 19.3 Å². The molecular formula is C13H24N2O3S. The number of nitrogens with one attached hydrogen (secondary N) is 1. The molecule has 0 radical (unpaired) electrons. The molecule has 0 spiro atoms. The fourth-order valence-corrected chi connectivity index (χ4v) is 3.03. The lowest BCUT2D eigenvalue weighted by atomic mass is 10.2. The van der Waals surface area contributed by atoms with Crippen molar-refractivity contribution in [3.05, 3.63) is 0 Å². The first-order chi connectivity index (χ1) is 9.08. The van der Waals surface area contributed by atoms with Gasteiger partial charge >= 0.3 is 12.0 Å². The normalized spacial score (nSPS) is 21.6. The van der Waals surface area contributed by atoms with Gasteiger partial charge in [0.25, 0.3) is 0 Å². The van der Waals surface area contributed by atoms with Crippen LogP contribution in [-0.4, -0.2) is 52.6 Å². The van der Waals surface area contributed by atoms with E-state index < -0.39 is 12.0 Å². The highest BCUT2D eigenvalue weighted by molar-refractivity contribution is 7.99. The third kappa shape index (κ3) is 5.30. The second kappa shape index (κ2) is 8.30. The smallest absolute Gasteiger partial charge is 0.326 e. The van der Waals surface area contributed by atoms with Gasteiger partial charge in [0.2, 0.25) is 0 Å². The third-order valence-corrected chi connectivity index (χ3v) is 4.61. The molecule has 0 aliphatic carbocycles. The molecule has 1 unspecified atom stereocenters. The molecule has 2 N–H and O–H groups in total. The average molecular weight is 288 g/mol. The summed E-state index contributed by atoms with van der Waals surface area (Å²) in [6, 6.07) is -1.00. The van der Waals surface area contributed by atoms with Gasteiger partial charge in [0.15, 0.2) is 0 Å². The third-order valence-electron chi connectivity index (χ3n) is 3.47. The predicted molar refractivity (Wildman–Crippen MR) is 77.6 cm³/mol. The number of aliphatic carboxylic acids is 1. The molecule has 6 heteroatoms. The molecule has 0 aromatic heterocycles. The Balaban J connectivity index is 2.49. The van der Waals surface area contributed by atoms with E-state index in [0.717, 1.165) is 38.8 Å². The van der Waals surface area contributed by atoms with Gasteiger partial charge in [-0.3, -0.25) is 0 Å². The molecule has 1 heterocycles. The molecular weight excluding hydrogens is 264 g/mol. The first-order valence-corrected chi connectivity index (χ1v) is 8.18. The summed E-state index contributed by atoms with van der Waals surface area (Å²) in [4.78, 5) is 24.9. The number of carboxylic acids is 1. The zero-order valence-corrected chi connectivity index (χ0v) is 12.5. The van der Waals surface area contributed by atoms with Gasteiger partial charge in [0.05, 0.1) is 0 Å². The van der Waals surface area contributed by atoms with E-state index in [2.05, 4.69) is 11.6 Å². The molecule has 2 atom stereocenters. The minimum absolute atomic E-state index is 0.234. The SMILES string of the molecule is CCC[C@H](NC(=O)N1CCCC(SC)CC1)C(=O)O. The highest BCUT2D eigenvalue weighted by Gasteiger charge is 2.24. The van der Waals surface area contributed by atoms with Crippen LogP contribution in [-0.2, 0) is 4.79 Å². The minimum Gasteiger partial charge on any atom is -0.480 e. The van der Waals surface area contributed by atoms with Crippen LogP contribution in [0.4, 0.5) is 4.79 Å². The summed E-state index contributed by atoms with van der Waals surface area (Å²) in [6.07, 6.45) is 6.42. The van der Waals surface area contributed by atoms with Crippen LogP contribution in [0.25, 0.3) is 0 Å². The molecule has 0 aromatic carbocycles. The molecule has 0 aromatic rings. The number of urea groups is 1. The van der Waals surface area contributed by atoms with Crippen LogP contribution < -0.4 is 5.32 Å². The van der Waals surface area contributed by atoms with Crippen molar-refractivity contribution in [3.8, 4) is 0 Å². The van der Waals surface area contributed by atoms with E-state index in [1.54, 1.807) is 4.90 Å². The quantitative estimate of drug-likeness (QED) is 0.813. The Kier molecular flexibility index (Phi) is 7.05. The van der Waals surface area contributed by atoms with Gasteiger partial charge in [-0.25, -0.2) is 9.59 Å². The summed E-state index contributed by atoms with van der Waals surface area (Å²) < 4.78 is 0. The van der Waals surface area contributed by atoms with E-state index in [4.69, 9.17) is 5.11 Å². The van der Waals surface area contributed by atoms with Crippen LogP contribution in [0.2, 0.25) is 0 Å². The van der Waals surface area contributed by atoms with Crippen LogP contribution in [0.5, 0.6) is 0 Å². The largest absolute Gasteiger partial charge is 0.480 e. The predicted octanol–water partition coefficient (Wildman–Crippen LogP) is 2.17. The van der Waals surface area contributed by atoms with Gasteiger partial charge in [-0.2, -0.15) is 11.8 Å². The molecule has 1 aliphatic heterocycles. The maximum Gasteiger partial charge on any atom is 0.326 e. The highest BCUT2D eigenvalue weighted by Crippen LogP contribution is 2.21. The van der Waals surface area contributed by atoms with Crippen LogP contribution in [0.15, 0.2) is 0 Å². The molecule has 1 fully saturated rings. The molecule has 0 bridgehead atoms. The number of hydrogen-bond donors (Lipinski definition) is 2. The van der Waals surface area contributed by atoms with Crippen LogP contribution in [0.1, 0.15) is 39.0 Å². The van der Waals surface area contributed by atoms with E-state index in [-0.39, 0.29) is 6.03 Å². The number of carboxylic acid groups (broad SMARTS) is 1. The Hall–Kier alpha value is -0.910. The highest BCUT2D eigenvalue weighted by atomic mass is 32.2. The van der Waals surface area contributed by atoms with Crippen LogP contribution in [0, 0.1) is 0 Å². The lowest BCUT2D eigenvalue weighted by molar-refractivity contribution is -0.139. The number of carbonyl (C=O) groups excluding carboxylic acids is 1. The molecule has 1 aliphatic rings. The van der Waals surface area contributed by atoms with E-state index in [9.17, 15) is 9.59 Å². The Morgan fingerprint density at radius 1 is 1.42 bits per heavy atom. The summed E-state index contributed by atoms with van der Waals surface area (Å²) in [5.74, 6) is -0.952. The van der Waals surface area contributed by atoms with Crippen LogP contribution >= 0.6 is 11.8 Å². The van der Waals surface area contributed by atoms with E-state index in [1.165, 1.54) is 0 Å². The fraction of sp³-hybridized carbons (Fsp3) is 0.846. The zero-order valence-electron chi connectivity index (χ0n) is 11.7. The second-order valence-electron chi connectivity index (χ2n) is 4.90. The number of amides is 2. The van der Waals surface area contributed by atoms with Crippen molar-refractivity contribution < 1.29 is 14.7 Å². The Bertz CT molecular complexity index is 312. The molecule has 110 valence electrons. The number of rotatable bonds is 5. The van der Waals surface area contributed by atoms with Crippen molar-refractivity contribution in [1.82, 2.24) is 10.2 Å². The van der Waals surface area contributed by atoms with Gasteiger partial charge in [-0.15, -0.1) is 0 Å². The minimum atomic E-state index is -0.952. The number of thioether (sulfide) groups is 1. The Morgan fingerprint density at radius 3 is 2.74 bits per heavy atom. The van der Waals surface area contributed by atoms with Crippen LogP contribution in [0.3, 0.4) is 0 Å². The number of carbonyl (C=O) groups is 2. The lowest BCUT2D eigenvalue weighted by Gasteiger charge is -2.23. The first-order valence-electron chi connectivity index (χ1n) is 6.89. The summed E-state index contributed by atoms with van der Waals surface area (Å²) in [5, 5.41) is 12.3. The summed E-state index contributed by atoms with van der Waals surface area (Å²) in [7, 11) is 0. The number of nitrogens with zero attached hydrogens (tertiary/aromatic N) is 1. The van der Waals surface area contributed by atoms with Crippen molar-refractivity contribution in [3.63, 3.8) is 0 Å². The van der Waals surface area contributed by atoms with Gasteiger partial charge < -0.3 is 15.3 Å². The molecule has 19 heavy (non-hydrogen) atoms. The Morgan fingerprint density at radius 2 is 2.16 bits per heavy atom. The van der Waals surface area contributed by atoms with Crippen molar-refractivity contribution in [1.29, 1.82) is 0 Å². The Labute approximate surface area is 119 Å². The summed E-state index contributed by atoms with van der Waals surface area (Å²) in [5.41, 5.74) is 0. The van der Waals surface area contributed by atoms with Crippen molar-refractivity contribution >= 4 is 23.8 Å². The molecule has 2 amide bonds. The molecule has 0 saturated carbocycles. The first kappa shape index (κ1) is 16.1. The standard InChI is InChI=1S/C13H24N2O3S/c1-3-5-11(12(16)17)14-13(18)15-8-4-6-10(19-2)7-9-15/h10-11H,3-9H2,1-2H3,(H,14,18)(H,16,17)/t10?,11-/m0/s1.